The maximum atomic E-state index is 12.2. The van der Waals surface area contributed by atoms with E-state index in [-0.39, 0.29) is 17.6 Å². The molecular formula is C18H22N4O3. The van der Waals surface area contributed by atoms with Crippen molar-refractivity contribution in [1.29, 1.82) is 0 Å². The lowest BCUT2D eigenvalue weighted by atomic mass is 10.2. The SMILES string of the molecule is CCOC(=O)c1ccccc1Nc1cc(C(=O)NC(C)C)nc(C)n1. The van der Waals surface area contributed by atoms with Crippen LogP contribution in [-0.4, -0.2) is 34.5 Å². The third-order valence-electron chi connectivity index (χ3n) is 3.18. The Kier molecular flexibility index (Phi) is 6.05. The average molecular weight is 342 g/mol. The van der Waals surface area contributed by atoms with Gasteiger partial charge in [-0.15, -0.1) is 0 Å². The van der Waals surface area contributed by atoms with Crippen molar-refractivity contribution in [3.05, 3.63) is 47.4 Å². The topological polar surface area (TPSA) is 93.2 Å². The number of nitrogens with one attached hydrogen (secondary N) is 2. The molecule has 0 bridgehead atoms. The molecule has 1 heterocycles. The number of hydrogen-bond acceptors (Lipinski definition) is 6. The molecule has 0 atom stereocenters. The van der Waals surface area contributed by atoms with Crippen molar-refractivity contribution >= 4 is 23.4 Å². The first-order valence-electron chi connectivity index (χ1n) is 8.10. The van der Waals surface area contributed by atoms with Crippen LogP contribution in [0.2, 0.25) is 0 Å². The minimum atomic E-state index is -0.422. The molecule has 2 aromatic rings. The van der Waals surface area contributed by atoms with Gasteiger partial charge in [-0.1, -0.05) is 12.1 Å². The van der Waals surface area contributed by atoms with E-state index in [0.29, 0.717) is 29.5 Å². The number of aromatic nitrogens is 2. The van der Waals surface area contributed by atoms with Crippen LogP contribution in [0.15, 0.2) is 30.3 Å². The Morgan fingerprint density at radius 1 is 1.20 bits per heavy atom. The number of anilines is 2. The lowest BCUT2D eigenvalue weighted by Crippen LogP contribution is -2.31. The van der Waals surface area contributed by atoms with E-state index in [9.17, 15) is 9.59 Å². The van der Waals surface area contributed by atoms with Crippen molar-refractivity contribution in [2.24, 2.45) is 0 Å². The van der Waals surface area contributed by atoms with Crippen LogP contribution in [0.1, 0.15) is 47.4 Å². The highest BCUT2D eigenvalue weighted by molar-refractivity contribution is 5.97. The second-order valence-electron chi connectivity index (χ2n) is 5.70. The van der Waals surface area contributed by atoms with Gasteiger partial charge < -0.3 is 15.4 Å². The number of rotatable bonds is 6. The van der Waals surface area contributed by atoms with Crippen LogP contribution in [0, 0.1) is 6.92 Å². The van der Waals surface area contributed by atoms with E-state index in [1.54, 1.807) is 44.2 Å². The summed E-state index contributed by atoms with van der Waals surface area (Å²) >= 11 is 0. The predicted octanol–water partition coefficient (Wildman–Crippen LogP) is 2.84. The Morgan fingerprint density at radius 3 is 2.60 bits per heavy atom. The number of para-hydroxylation sites is 1. The van der Waals surface area contributed by atoms with Crippen LogP contribution in [0.25, 0.3) is 0 Å². The van der Waals surface area contributed by atoms with Gasteiger partial charge >= 0.3 is 5.97 Å². The van der Waals surface area contributed by atoms with Crippen LogP contribution >= 0.6 is 0 Å². The minimum absolute atomic E-state index is 0.00345. The summed E-state index contributed by atoms with van der Waals surface area (Å²) in [4.78, 5) is 32.7. The zero-order valence-corrected chi connectivity index (χ0v) is 14.8. The van der Waals surface area contributed by atoms with E-state index in [4.69, 9.17) is 4.74 Å². The maximum Gasteiger partial charge on any atom is 0.340 e. The molecule has 0 saturated heterocycles. The van der Waals surface area contributed by atoms with Crippen LogP contribution < -0.4 is 10.6 Å². The molecule has 7 nitrogen and oxygen atoms in total. The fourth-order valence-corrected chi connectivity index (χ4v) is 2.20. The Bertz CT molecular complexity index is 775. The van der Waals surface area contributed by atoms with Crippen LogP contribution in [0.3, 0.4) is 0 Å². The zero-order valence-electron chi connectivity index (χ0n) is 14.8. The third-order valence-corrected chi connectivity index (χ3v) is 3.18. The fourth-order valence-electron chi connectivity index (χ4n) is 2.20. The first-order chi connectivity index (χ1) is 11.9. The first-order valence-corrected chi connectivity index (χ1v) is 8.10. The normalized spacial score (nSPS) is 10.4. The van der Waals surface area contributed by atoms with Gasteiger partial charge in [0.05, 0.1) is 17.9 Å². The number of ether oxygens (including phenoxy) is 1. The molecule has 0 radical (unpaired) electrons. The molecule has 0 aliphatic heterocycles. The molecule has 2 rings (SSSR count). The van der Waals surface area contributed by atoms with Gasteiger partial charge in [-0.05, 0) is 39.8 Å². The van der Waals surface area contributed by atoms with Gasteiger partial charge in [0.2, 0.25) is 0 Å². The lowest BCUT2D eigenvalue weighted by molar-refractivity contribution is 0.0527. The number of aryl methyl sites for hydroxylation is 1. The van der Waals surface area contributed by atoms with E-state index in [0.717, 1.165) is 0 Å². The molecule has 0 aliphatic rings. The quantitative estimate of drug-likeness (QED) is 0.784. The summed E-state index contributed by atoms with van der Waals surface area (Å²) in [6, 6.07) is 8.52. The molecule has 132 valence electrons. The van der Waals surface area contributed by atoms with E-state index in [1.807, 2.05) is 13.8 Å². The molecule has 1 aromatic carbocycles. The third kappa shape index (κ3) is 5.00. The first kappa shape index (κ1) is 18.4. The summed E-state index contributed by atoms with van der Waals surface area (Å²) in [5.41, 5.74) is 1.21. The number of carbonyl (C=O) groups is 2. The smallest absolute Gasteiger partial charge is 0.340 e. The van der Waals surface area contributed by atoms with E-state index in [2.05, 4.69) is 20.6 Å². The van der Waals surface area contributed by atoms with Crippen molar-refractivity contribution in [2.45, 2.75) is 33.7 Å². The Morgan fingerprint density at radius 2 is 1.92 bits per heavy atom. The van der Waals surface area contributed by atoms with Crippen molar-refractivity contribution in [1.82, 2.24) is 15.3 Å². The molecule has 25 heavy (non-hydrogen) atoms. The Hall–Kier alpha value is -2.96. The van der Waals surface area contributed by atoms with Crippen LogP contribution in [0.5, 0.6) is 0 Å². The highest BCUT2D eigenvalue weighted by Gasteiger charge is 2.15. The number of nitrogens with zero attached hydrogens (tertiary/aromatic N) is 2. The van der Waals surface area contributed by atoms with Crippen LogP contribution in [0.4, 0.5) is 11.5 Å². The van der Waals surface area contributed by atoms with Crippen molar-refractivity contribution in [3.63, 3.8) is 0 Å². The van der Waals surface area contributed by atoms with E-state index in [1.165, 1.54) is 0 Å². The lowest BCUT2D eigenvalue weighted by Gasteiger charge is -2.13. The molecule has 0 fully saturated rings. The molecule has 2 N–H and O–H groups in total. The standard InChI is InChI=1S/C18H22N4O3/c1-5-25-18(24)13-8-6-7-9-14(13)22-16-10-15(20-12(4)21-16)17(23)19-11(2)3/h6-11H,5H2,1-4H3,(H,19,23)(H,20,21,22). The molecule has 1 amide bonds. The Labute approximate surface area is 146 Å². The van der Waals surface area contributed by atoms with Crippen molar-refractivity contribution < 1.29 is 14.3 Å². The molecule has 0 saturated carbocycles. The summed E-state index contributed by atoms with van der Waals surface area (Å²) in [5, 5.41) is 5.86. The summed E-state index contributed by atoms with van der Waals surface area (Å²) in [6.45, 7) is 7.50. The summed E-state index contributed by atoms with van der Waals surface area (Å²) in [5.74, 6) is 0.182. The zero-order chi connectivity index (χ0) is 18.4. The largest absolute Gasteiger partial charge is 0.462 e. The monoisotopic (exact) mass is 342 g/mol. The van der Waals surface area contributed by atoms with Crippen molar-refractivity contribution in [2.75, 3.05) is 11.9 Å². The number of hydrogen-bond donors (Lipinski definition) is 2. The molecule has 0 aliphatic carbocycles. The number of esters is 1. The van der Waals surface area contributed by atoms with Gasteiger partial charge in [-0.2, -0.15) is 0 Å². The van der Waals surface area contributed by atoms with Gasteiger partial charge in [0.1, 0.15) is 17.3 Å². The molecule has 0 unspecified atom stereocenters. The minimum Gasteiger partial charge on any atom is -0.462 e. The molecule has 7 heteroatoms. The number of carbonyl (C=O) groups excluding carboxylic acids is 2. The highest BCUT2D eigenvalue weighted by atomic mass is 16.5. The predicted molar refractivity (Wildman–Crippen MR) is 95.1 cm³/mol. The van der Waals surface area contributed by atoms with E-state index < -0.39 is 5.97 Å². The van der Waals surface area contributed by atoms with Gasteiger partial charge in [-0.3, -0.25) is 4.79 Å². The summed E-state index contributed by atoms with van der Waals surface area (Å²) < 4.78 is 5.06. The van der Waals surface area contributed by atoms with Crippen LogP contribution in [-0.2, 0) is 4.74 Å². The Balaban J connectivity index is 2.31. The number of amides is 1. The summed E-state index contributed by atoms with van der Waals surface area (Å²) in [7, 11) is 0. The number of benzene rings is 1. The van der Waals surface area contributed by atoms with Gasteiger partial charge in [0.15, 0.2) is 0 Å². The molecule has 1 aromatic heterocycles. The van der Waals surface area contributed by atoms with Gasteiger partial charge in [0, 0.05) is 12.1 Å². The molecule has 0 spiro atoms. The van der Waals surface area contributed by atoms with Gasteiger partial charge in [-0.25, -0.2) is 14.8 Å². The highest BCUT2D eigenvalue weighted by Crippen LogP contribution is 2.21. The molecular weight excluding hydrogens is 320 g/mol. The van der Waals surface area contributed by atoms with Crippen molar-refractivity contribution in [3.8, 4) is 0 Å². The van der Waals surface area contributed by atoms with E-state index >= 15 is 0 Å². The summed E-state index contributed by atoms with van der Waals surface area (Å²) in [6.07, 6.45) is 0. The second kappa shape index (κ2) is 8.23. The van der Waals surface area contributed by atoms with Gasteiger partial charge in [0.25, 0.3) is 5.91 Å². The maximum absolute atomic E-state index is 12.2. The average Bonchev–Trinajstić information content (AvgIpc) is 2.54. The second-order valence-corrected chi connectivity index (χ2v) is 5.70. The fraction of sp³-hybridized carbons (Fsp3) is 0.333.